The van der Waals surface area contributed by atoms with Gasteiger partial charge in [0.15, 0.2) is 6.10 Å². The number of aliphatic hydroxyl groups excluding tert-OH is 1. The van der Waals surface area contributed by atoms with Crippen LogP contribution in [0.4, 0.5) is 0 Å². The van der Waals surface area contributed by atoms with E-state index < -0.39 is 11.6 Å². The highest BCUT2D eigenvalue weighted by molar-refractivity contribution is 5.82. The Bertz CT molecular complexity index is 528. The average Bonchev–Trinajstić information content (AvgIpc) is 2.54. The molecule has 1 saturated heterocycles. The van der Waals surface area contributed by atoms with Gasteiger partial charge in [-0.1, -0.05) is 30.3 Å². The largest absolute Gasteiger partial charge is 0.378 e. The van der Waals surface area contributed by atoms with Crippen LogP contribution in [0, 0.1) is 11.3 Å². The first kappa shape index (κ1) is 15.5. The molecule has 112 valence electrons. The lowest BCUT2D eigenvalue weighted by Gasteiger charge is -2.40. The van der Waals surface area contributed by atoms with E-state index >= 15 is 0 Å². The smallest absolute Gasteiger partial charge is 0.256 e. The Balaban J connectivity index is 1.97. The van der Waals surface area contributed by atoms with Crippen LogP contribution in [-0.4, -0.2) is 52.5 Å². The first-order valence-electron chi connectivity index (χ1n) is 7.14. The lowest BCUT2D eigenvalue weighted by atomic mass is 10.0. The van der Waals surface area contributed by atoms with Gasteiger partial charge in [-0.25, -0.2) is 0 Å². The number of amides is 1. The molecule has 1 unspecified atom stereocenters. The lowest BCUT2D eigenvalue weighted by Crippen LogP contribution is -2.55. The fourth-order valence-corrected chi connectivity index (χ4v) is 2.51. The molecular formula is C16H21N3O2. The average molecular weight is 287 g/mol. The van der Waals surface area contributed by atoms with Gasteiger partial charge < -0.3 is 10.0 Å². The van der Waals surface area contributed by atoms with E-state index in [-0.39, 0.29) is 5.91 Å². The quantitative estimate of drug-likeness (QED) is 0.906. The van der Waals surface area contributed by atoms with Crippen molar-refractivity contribution in [3.05, 3.63) is 35.9 Å². The third-order valence-electron chi connectivity index (χ3n) is 4.00. The predicted molar refractivity (Wildman–Crippen MR) is 79.2 cm³/mol. The molecular weight excluding hydrogens is 266 g/mol. The first-order chi connectivity index (χ1) is 9.95. The molecule has 0 spiro atoms. The number of nitriles is 1. The van der Waals surface area contributed by atoms with Gasteiger partial charge in [0.05, 0.1) is 6.07 Å². The van der Waals surface area contributed by atoms with E-state index in [1.54, 1.807) is 29.2 Å². The molecule has 5 heteroatoms. The van der Waals surface area contributed by atoms with Crippen molar-refractivity contribution in [3.63, 3.8) is 0 Å². The van der Waals surface area contributed by atoms with Crippen LogP contribution in [0.1, 0.15) is 25.5 Å². The summed E-state index contributed by atoms with van der Waals surface area (Å²) in [4.78, 5) is 16.0. The number of aliphatic hydroxyl groups is 1. The summed E-state index contributed by atoms with van der Waals surface area (Å²) in [6, 6.07) is 11.2. The van der Waals surface area contributed by atoms with Gasteiger partial charge in [0.2, 0.25) is 0 Å². The molecule has 0 aliphatic carbocycles. The van der Waals surface area contributed by atoms with Crippen LogP contribution in [0.3, 0.4) is 0 Å². The van der Waals surface area contributed by atoms with Crippen molar-refractivity contribution in [2.45, 2.75) is 25.5 Å². The van der Waals surface area contributed by atoms with Crippen molar-refractivity contribution >= 4 is 5.91 Å². The highest BCUT2D eigenvalue weighted by Crippen LogP contribution is 2.19. The maximum absolute atomic E-state index is 12.3. The highest BCUT2D eigenvalue weighted by atomic mass is 16.3. The van der Waals surface area contributed by atoms with Crippen molar-refractivity contribution < 1.29 is 9.90 Å². The molecule has 1 aliphatic rings. The zero-order valence-corrected chi connectivity index (χ0v) is 12.5. The molecule has 5 nitrogen and oxygen atoms in total. The van der Waals surface area contributed by atoms with Gasteiger partial charge in [0.1, 0.15) is 5.54 Å². The monoisotopic (exact) mass is 287 g/mol. The number of piperazine rings is 1. The molecule has 1 N–H and O–H groups in total. The number of nitrogens with zero attached hydrogens (tertiary/aromatic N) is 3. The zero-order valence-electron chi connectivity index (χ0n) is 12.5. The molecule has 1 aromatic carbocycles. The minimum absolute atomic E-state index is 0.268. The number of benzene rings is 1. The van der Waals surface area contributed by atoms with Crippen molar-refractivity contribution in [2.75, 3.05) is 26.2 Å². The molecule has 1 heterocycles. The van der Waals surface area contributed by atoms with Crippen LogP contribution in [0.2, 0.25) is 0 Å². The number of carbonyl (C=O) groups is 1. The molecule has 21 heavy (non-hydrogen) atoms. The van der Waals surface area contributed by atoms with E-state index in [4.69, 9.17) is 5.26 Å². The topological polar surface area (TPSA) is 67.6 Å². The first-order valence-corrected chi connectivity index (χ1v) is 7.14. The fraction of sp³-hybridized carbons (Fsp3) is 0.500. The van der Waals surface area contributed by atoms with Crippen LogP contribution < -0.4 is 0 Å². The maximum Gasteiger partial charge on any atom is 0.256 e. The van der Waals surface area contributed by atoms with Crippen molar-refractivity contribution in [1.29, 1.82) is 5.26 Å². The number of hydrogen-bond acceptors (Lipinski definition) is 4. The number of hydrogen-bond donors (Lipinski definition) is 1. The standard InChI is InChI=1S/C16H21N3O2/c1-16(2,12-17)19-10-8-18(9-11-19)15(21)14(20)13-6-4-3-5-7-13/h3-7,14,20H,8-11H2,1-2H3. The van der Waals surface area contributed by atoms with Gasteiger partial charge >= 0.3 is 0 Å². The molecule has 1 atom stereocenters. The van der Waals surface area contributed by atoms with E-state index in [9.17, 15) is 9.90 Å². The Morgan fingerprint density at radius 1 is 1.24 bits per heavy atom. The van der Waals surface area contributed by atoms with E-state index in [1.165, 1.54) is 0 Å². The van der Waals surface area contributed by atoms with Gasteiger partial charge in [0, 0.05) is 26.2 Å². The minimum atomic E-state index is -1.11. The summed E-state index contributed by atoms with van der Waals surface area (Å²) in [5.74, 6) is -0.268. The highest BCUT2D eigenvalue weighted by Gasteiger charge is 2.32. The maximum atomic E-state index is 12.3. The summed E-state index contributed by atoms with van der Waals surface area (Å²) in [7, 11) is 0. The lowest BCUT2D eigenvalue weighted by molar-refractivity contribution is -0.142. The molecule has 0 saturated carbocycles. The van der Waals surface area contributed by atoms with Crippen molar-refractivity contribution in [1.82, 2.24) is 9.80 Å². The number of rotatable bonds is 3. The summed E-state index contributed by atoms with van der Waals surface area (Å²) in [6.07, 6.45) is -1.11. The van der Waals surface area contributed by atoms with E-state index in [1.807, 2.05) is 19.9 Å². The third kappa shape index (κ3) is 3.41. The number of carbonyl (C=O) groups excluding carboxylic acids is 1. The Labute approximate surface area is 125 Å². The molecule has 0 aromatic heterocycles. The fourth-order valence-electron chi connectivity index (χ4n) is 2.51. The van der Waals surface area contributed by atoms with Crippen molar-refractivity contribution in [3.8, 4) is 6.07 Å². The van der Waals surface area contributed by atoms with Gasteiger partial charge in [-0.2, -0.15) is 5.26 Å². The second-order valence-electron chi connectivity index (χ2n) is 5.80. The Kier molecular flexibility index (Phi) is 4.61. The van der Waals surface area contributed by atoms with Crippen LogP contribution in [0.25, 0.3) is 0 Å². The predicted octanol–water partition coefficient (Wildman–Crippen LogP) is 1.17. The molecule has 1 fully saturated rings. The molecule has 0 bridgehead atoms. The van der Waals surface area contributed by atoms with E-state index in [0.29, 0.717) is 31.7 Å². The molecule has 1 amide bonds. The molecule has 1 aliphatic heterocycles. The second-order valence-corrected chi connectivity index (χ2v) is 5.80. The Morgan fingerprint density at radius 3 is 2.33 bits per heavy atom. The second kappa shape index (κ2) is 6.25. The normalized spacial score (nSPS) is 18.1. The van der Waals surface area contributed by atoms with E-state index in [2.05, 4.69) is 11.0 Å². The summed E-state index contributed by atoms with van der Waals surface area (Å²) >= 11 is 0. The summed E-state index contributed by atoms with van der Waals surface area (Å²) in [5, 5.41) is 19.3. The van der Waals surface area contributed by atoms with Crippen LogP contribution in [0.15, 0.2) is 30.3 Å². The van der Waals surface area contributed by atoms with E-state index in [0.717, 1.165) is 0 Å². The van der Waals surface area contributed by atoms with Gasteiger partial charge in [0.25, 0.3) is 5.91 Å². The third-order valence-corrected chi connectivity index (χ3v) is 4.00. The van der Waals surface area contributed by atoms with Crippen LogP contribution in [-0.2, 0) is 4.79 Å². The summed E-state index contributed by atoms with van der Waals surface area (Å²) < 4.78 is 0. The Morgan fingerprint density at radius 2 is 1.81 bits per heavy atom. The molecule has 2 rings (SSSR count). The van der Waals surface area contributed by atoms with Gasteiger partial charge in [-0.3, -0.25) is 9.69 Å². The van der Waals surface area contributed by atoms with Crippen LogP contribution >= 0.6 is 0 Å². The summed E-state index contributed by atoms with van der Waals surface area (Å²) in [5.41, 5.74) is 0.0926. The van der Waals surface area contributed by atoms with Crippen LogP contribution in [0.5, 0.6) is 0 Å². The van der Waals surface area contributed by atoms with Crippen molar-refractivity contribution in [2.24, 2.45) is 0 Å². The molecule has 0 radical (unpaired) electrons. The Hall–Kier alpha value is -1.90. The zero-order chi connectivity index (χ0) is 15.5. The van der Waals surface area contributed by atoms with Gasteiger partial charge in [-0.15, -0.1) is 0 Å². The summed E-state index contributed by atoms with van der Waals surface area (Å²) in [6.45, 7) is 6.12. The van der Waals surface area contributed by atoms with Gasteiger partial charge in [-0.05, 0) is 19.4 Å². The minimum Gasteiger partial charge on any atom is -0.378 e. The molecule has 1 aromatic rings. The SMILES string of the molecule is CC(C)(C#N)N1CCN(C(=O)C(O)c2ccccc2)CC1.